The van der Waals surface area contributed by atoms with Gasteiger partial charge < -0.3 is 5.32 Å². The van der Waals surface area contributed by atoms with Crippen molar-refractivity contribution in [1.29, 1.82) is 0 Å². The molecule has 2 saturated carbocycles. The minimum Gasteiger partial charge on any atom is -0.316 e. The molecule has 0 atom stereocenters. The molecule has 0 unspecified atom stereocenters. The summed E-state index contributed by atoms with van der Waals surface area (Å²) in [5.41, 5.74) is 4.17. The lowest BCUT2D eigenvalue weighted by Crippen LogP contribution is -2.49. The summed E-state index contributed by atoms with van der Waals surface area (Å²) in [5.74, 6) is 0. The van der Waals surface area contributed by atoms with Gasteiger partial charge >= 0.3 is 0 Å². The molecule has 1 aromatic rings. The van der Waals surface area contributed by atoms with Crippen LogP contribution in [0.5, 0.6) is 0 Å². The van der Waals surface area contributed by atoms with Crippen molar-refractivity contribution in [2.24, 2.45) is 5.41 Å². The normalized spacial score (nSPS) is 23.4. The number of benzene rings is 1. The summed E-state index contributed by atoms with van der Waals surface area (Å²) in [6.07, 6.45) is 5.78. The summed E-state index contributed by atoms with van der Waals surface area (Å²) in [6, 6.07) is 9.15. The van der Waals surface area contributed by atoms with E-state index in [4.69, 9.17) is 0 Å². The Morgan fingerprint density at radius 1 is 1.24 bits per heavy atom. The summed E-state index contributed by atoms with van der Waals surface area (Å²) in [7, 11) is 0. The zero-order chi connectivity index (χ0) is 11.9. The summed E-state index contributed by atoms with van der Waals surface area (Å²) in [5, 5.41) is 3.57. The molecule has 1 aromatic carbocycles. The number of rotatable bonds is 4. The molecule has 1 heteroatoms. The van der Waals surface area contributed by atoms with E-state index in [1.807, 2.05) is 0 Å². The molecule has 2 aliphatic carbocycles. The van der Waals surface area contributed by atoms with Crippen molar-refractivity contribution in [1.82, 2.24) is 5.32 Å². The van der Waals surface area contributed by atoms with Crippen LogP contribution in [0.4, 0.5) is 0 Å². The van der Waals surface area contributed by atoms with E-state index in [0.717, 1.165) is 18.5 Å². The van der Waals surface area contributed by atoms with Crippen molar-refractivity contribution < 1.29 is 0 Å². The van der Waals surface area contributed by atoms with Gasteiger partial charge in [-0.25, -0.2) is 0 Å². The van der Waals surface area contributed by atoms with Gasteiger partial charge in [0.25, 0.3) is 0 Å². The molecule has 0 radical (unpaired) electrons. The molecule has 0 bridgehead atoms. The topological polar surface area (TPSA) is 12.0 Å². The first-order chi connectivity index (χ1) is 8.18. The Labute approximate surface area is 105 Å². The van der Waals surface area contributed by atoms with Crippen LogP contribution < -0.4 is 5.32 Å². The molecular weight excluding hydrogens is 206 g/mol. The van der Waals surface area contributed by atoms with E-state index in [0.29, 0.717) is 5.41 Å². The van der Waals surface area contributed by atoms with Crippen LogP contribution in [0.3, 0.4) is 0 Å². The van der Waals surface area contributed by atoms with E-state index in [1.165, 1.54) is 31.2 Å². The molecule has 1 N–H and O–H groups in total. The monoisotopic (exact) mass is 229 g/mol. The molecule has 17 heavy (non-hydrogen) atoms. The summed E-state index contributed by atoms with van der Waals surface area (Å²) >= 11 is 0. The van der Waals surface area contributed by atoms with Gasteiger partial charge in [0.2, 0.25) is 0 Å². The van der Waals surface area contributed by atoms with Gasteiger partial charge in [-0.2, -0.15) is 0 Å². The summed E-state index contributed by atoms with van der Waals surface area (Å²) in [4.78, 5) is 0. The highest BCUT2D eigenvalue weighted by Gasteiger charge is 2.60. The van der Waals surface area contributed by atoms with E-state index >= 15 is 0 Å². The summed E-state index contributed by atoms with van der Waals surface area (Å²) < 4.78 is 0. The second-order valence-corrected chi connectivity index (χ2v) is 6.28. The molecule has 92 valence electrons. The quantitative estimate of drug-likeness (QED) is 0.834. The van der Waals surface area contributed by atoms with Crippen LogP contribution in [-0.2, 0) is 5.41 Å². The number of hydrogen-bond acceptors (Lipinski definition) is 1. The van der Waals surface area contributed by atoms with Crippen LogP contribution in [0.2, 0.25) is 0 Å². The van der Waals surface area contributed by atoms with Crippen LogP contribution in [0.1, 0.15) is 43.7 Å². The average molecular weight is 229 g/mol. The fraction of sp³-hybridized carbons (Fsp3) is 0.625. The molecule has 0 saturated heterocycles. The highest BCUT2D eigenvalue weighted by molar-refractivity contribution is 5.36. The van der Waals surface area contributed by atoms with Crippen molar-refractivity contribution >= 4 is 0 Å². The van der Waals surface area contributed by atoms with Crippen molar-refractivity contribution in [3.8, 4) is 0 Å². The molecule has 2 fully saturated rings. The minimum atomic E-state index is 0.443. The lowest BCUT2D eigenvalue weighted by atomic mass is 9.56. The zero-order valence-electron chi connectivity index (χ0n) is 11.1. The highest BCUT2D eigenvalue weighted by Crippen LogP contribution is 2.68. The predicted molar refractivity (Wildman–Crippen MR) is 72.3 cm³/mol. The van der Waals surface area contributed by atoms with E-state index < -0.39 is 0 Å². The van der Waals surface area contributed by atoms with Crippen molar-refractivity contribution in [3.05, 3.63) is 35.4 Å². The third-order valence-electron chi connectivity index (χ3n) is 4.73. The van der Waals surface area contributed by atoms with Crippen LogP contribution in [0.25, 0.3) is 0 Å². The molecule has 2 aliphatic rings. The van der Waals surface area contributed by atoms with E-state index in [-0.39, 0.29) is 0 Å². The van der Waals surface area contributed by atoms with E-state index in [1.54, 1.807) is 5.56 Å². The van der Waals surface area contributed by atoms with Crippen molar-refractivity contribution in [3.63, 3.8) is 0 Å². The molecule has 0 aromatic heterocycles. The number of likely N-dealkylation sites (N-methyl/N-ethyl adjacent to an activating group) is 1. The summed E-state index contributed by atoms with van der Waals surface area (Å²) in [6.45, 7) is 6.65. The van der Waals surface area contributed by atoms with Crippen LogP contribution in [0, 0.1) is 12.3 Å². The fourth-order valence-corrected chi connectivity index (χ4v) is 3.68. The second-order valence-electron chi connectivity index (χ2n) is 6.28. The number of hydrogen-bond donors (Lipinski definition) is 1. The van der Waals surface area contributed by atoms with Gasteiger partial charge in [-0.3, -0.25) is 0 Å². The first kappa shape index (κ1) is 11.3. The van der Waals surface area contributed by atoms with E-state index in [2.05, 4.69) is 43.4 Å². The SMILES string of the molecule is CCNCC1(c2cccc(C)c2)CC2(CC2)C1. The average Bonchev–Trinajstić information content (AvgIpc) is 3.04. The van der Waals surface area contributed by atoms with Gasteiger partial charge in [-0.15, -0.1) is 0 Å². The van der Waals surface area contributed by atoms with Gasteiger partial charge in [0.15, 0.2) is 0 Å². The van der Waals surface area contributed by atoms with Gasteiger partial charge in [0.1, 0.15) is 0 Å². The first-order valence-electron chi connectivity index (χ1n) is 6.96. The third kappa shape index (κ3) is 1.91. The Morgan fingerprint density at radius 3 is 2.59 bits per heavy atom. The maximum Gasteiger partial charge on any atom is 0.00884 e. The van der Waals surface area contributed by atoms with Crippen molar-refractivity contribution in [2.75, 3.05) is 13.1 Å². The van der Waals surface area contributed by atoms with Gasteiger partial charge in [0, 0.05) is 12.0 Å². The van der Waals surface area contributed by atoms with Crippen molar-refractivity contribution in [2.45, 2.75) is 44.9 Å². The first-order valence-corrected chi connectivity index (χ1v) is 6.96. The molecule has 0 heterocycles. The van der Waals surface area contributed by atoms with Gasteiger partial charge in [-0.05, 0) is 50.1 Å². The van der Waals surface area contributed by atoms with Crippen LogP contribution in [0.15, 0.2) is 24.3 Å². The fourth-order valence-electron chi connectivity index (χ4n) is 3.68. The van der Waals surface area contributed by atoms with Gasteiger partial charge in [0.05, 0.1) is 0 Å². The van der Waals surface area contributed by atoms with E-state index in [9.17, 15) is 0 Å². The predicted octanol–water partition coefficient (Wildman–Crippen LogP) is 3.42. The Morgan fingerprint density at radius 2 is 2.00 bits per heavy atom. The second kappa shape index (κ2) is 3.84. The zero-order valence-corrected chi connectivity index (χ0v) is 11.1. The number of nitrogens with one attached hydrogen (secondary N) is 1. The lowest BCUT2D eigenvalue weighted by Gasteiger charge is -2.49. The Bertz CT molecular complexity index is 409. The molecule has 0 amide bonds. The lowest BCUT2D eigenvalue weighted by molar-refractivity contribution is 0.117. The molecule has 1 nitrogen and oxygen atoms in total. The molecule has 1 spiro atoms. The smallest absolute Gasteiger partial charge is 0.00884 e. The Balaban J connectivity index is 1.83. The third-order valence-corrected chi connectivity index (χ3v) is 4.73. The van der Waals surface area contributed by atoms with Crippen LogP contribution >= 0.6 is 0 Å². The maximum atomic E-state index is 3.57. The minimum absolute atomic E-state index is 0.443. The highest BCUT2D eigenvalue weighted by atomic mass is 14.9. The molecule has 3 rings (SSSR count). The van der Waals surface area contributed by atoms with Crippen LogP contribution in [-0.4, -0.2) is 13.1 Å². The Kier molecular flexibility index (Phi) is 2.55. The largest absolute Gasteiger partial charge is 0.316 e. The Hall–Kier alpha value is -0.820. The van der Waals surface area contributed by atoms with Gasteiger partial charge in [-0.1, -0.05) is 36.8 Å². The molecule has 0 aliphatic heterocycles. The molecular formula is C16H23N. The standard InChI is InChI=1S/C16H23N/c1-3-17-12-16(10-15(11-16)7-8-15)14-6-4-5-13(2)9-14/h4-6,9,17H,3,7-8,10-12H2,1-2H3. The number of aryl methyl sites for hydroxylation is 1. The maximum absolute atomic E-state index is 3.57.